The molecule has 0 amide bonds. The van der Waals surface area contributed by atoms with Crippen molar-refractivity contribution < 1.29 is 20.4 Å². The van der Waals surface area contributed by atoms with E-state index < -0.39 is 30.1 Å². The molecule has 4 atom stereocenters. The van der Waals surface area contributed by atoms with Crippen LogP contribution in [0.3, 0.4) is 0 Å². The summed E-state index contributed by atoms with van der Waals surface area (Å²) in [5, 5.41) is 48.0. The Bertz CT molecular complexity index is 630. The number of rotatable bonds is 1. The molecule has 3 rings (SSSR count). The molecule has 0 saturated carbocycles. The molecule has 0 bridgehead atoms. The molecule has 2 aromatic heterocycles. The zero-order valence-corrected chi connectivity index (χ0v) is 9.94. The Morgan fingerprint density at radius 1 is 1.05 bits per heavy atom. The maximum atomic E-state index is 9.97. The smallest absolute Gasteiger partial charge is 0.317 e. The number of hydrogen-bond donors (Lipinski definition) is 6. The lowest BCUT2D eigenvalue weighted by atomic mass is 10.1. The van der Waals surface area contributed by atoms with E-state index >= 15 is 0 Å². The first kappa shape index (κ1) is 12.1. The number of H-pyrrole nitrogens is 1. The lowest BCUT2D eigenvalue weighted by molar-refractivity contribution is 0.0297. The van der Waals surface area contributed by atoms with Crippen LogP contribution in [-0.2, 0) is 0 Å². The molecule has 6 N–H and O–H groups in total. The van der Waals surface area contributed by atoms with Crippen molar-refractivity contribution in [3.8, 4) is 11.9 Å². The fraction of sp³-hybridized carbons (Fsp3) is 0.500. The van der Waals surface area contributed by atoms with Gasteiger partial charge >= 0.3 is 6.01 Å². The fourth-order valence-electron chi connectivity index (χ4n) is 2.34. The second-order valence-electron chi connectivity index (χ2n) is 4.60. The molecule has 102 valence electrons. The van der Waals surface area contributed by atoms with Gasteiger partial charge in [0.2, 0.25) is 5.88 Å². The first-order chi connectivity index (χ1) is 8.99. The first-order valence-electron chi connectivity index (χ1n) is 5.75. The van der Waals surface area contributed by atoms with Crippen LogP contribution in [0.1, 0.15) is 18.7 Å². The highest BCUT2D eigenvalue weighted by atomic mass is 16.3. The number of fused-ring (bicyclic) bond motifs is 1. The van der Waals surface area contributed by atoms with Gasteiger partial charge in [-0.05, 0) is 6.92 Å². The van der Waals surface area contributed by atoms with Crippen molar-refractivity contribution in [2.45, 2.75) is 31.2 Å². The van der Waals surface area contributed by atoms with Crippen molar-refractivity contribution in [1.82, 2.24) is 25.5 Å². The highest BCUT2D eigenvalue weighted by Crippen LogP contribution is 2.32. The molecule has 1 saturated heterocycles. The Morgan fingerprint density at radius 3 is 2.42 bits per heavy atom. The number of nitrogens with zero attached hydrogens (tertiary/aromatic N) is 3. The minimum Gasteiger partial charge on any atom is -0.492 e. The Kier molecular flexibility index (Phi) is 2.55. The number of aliphatic hydroxyl groups is 2. The molecule has 1 aliphatic rings. The van der Waals surface area contributed by atoms with Crippen LogP contribution in [0.15, 0.2) is 0 Å². The third-order valence-corrected chi connectivity index (χ3v) is 3.35. The second-order valence-corrected chi connectivity index (χ2v) is 4.60. The molecule has 19 heavy (non-hydrogen) atoms. The fourth-order valence-corrected chi connectivity index (χ4v) is 2.34. The standard InChI is InChI=1S/C10H13N5O4/c1-2-7(16)8(17)5(11-2)4-3-6(15-14-4)9(18)13-10(19)12-3/h2,5,7-8,11,16-17H,1H3,(H,14,15)(H2,12,13,18,19)/t2-,5+,7-,8+/m1/s1. The number of aromatic hydroxyl groups is 2. The lowest BCUT2D eigenvalue weighted by Gasteiger charge is -2.14. The molecule has 0 unspecified atom stereocenters. The molecule has 0 radical (unpaired) electrons. The first-order valence-corrected chi connectivity index (χ1v) is 5.75. The van der Waals surface area contributed by atoms with Crippen molar-refractivity contribution in [3.05, 3.63) is 5.69 Å². The van der Waals surface area contributed by atoms with Gasteiger partial charge < -0.3 is 25.7 Å². The quantitative estimate of drug-likeness (QED) is 0.366. The van der Waals surface area contributed by atoms with Gasteiger partial charge in [0.05, 0.1) is 17.8 Å². The number of aromatic amines is 1. The molecular formula is C10H13N5O4. The molecule has 3 heterocycles. The van der Waals surface area contributed by atoms with Gasteiger partial charge in [-0.1, -0.05) is 0 Å². The van der Waals surface area contributed by atoms with Crippen molar-refractivity contribution in [3.63, 3.8) is 0 Å². The van der Waals surface area contributed by atoms with Crippen LogP contribution in [0, 0.1) is 0 Å². The molecule has 2 aromatic rings. The normalized spacial score (nSPS) is 31.1. The second kappa shape index (κ2) is 4.02. The summed E-state index contributed by atoms with van der Waals surface area (Å²) in [6.07, 6.45) is -1.97. The van der Waals surface area contributed by atoms with E-state index in [9.17, 15) is 20.4 Å². The molecule has 1 aliphatic heterocycles. The van der Waals surface area contributed by atoms with Crippen molar-refractivity contribution in [1.29, 1.82) is 0 Å². The highest BCUT2D eigenvalue weighted by molar-refractivity contribution is 5.82. The van der Waals surface area contributed by atoms with E-state index in [0.717, 1.165) is 0 Å². The summed E-state index contributed by atoms with van der Waals surface area (Å²) < 4.78 is 0. The predicted octanol–water partition coefficient (Wildman–Crippen LogP) is -1.48. The molecule has 1 fully saturated rings. The van der Waals surface area contributed by atoms with E-state index in [0.29, 0.717) is 5.69 Å². The van der Waals surface area contributed by atoms with Crippen LogP contribution in [0.2, 0.25) is 0 Å². The molecular weight excluding hydrogens is 254 g/mol. The van der Waals surface area contributed by atoms with Gasteiger partial charge in [0, 0.05) is 6.04 Å². The van der Waals surface area contributed by atoms with Gasteiger partial charge in [-0.15, -0.1) is 0 Å². The van der Waals surface area contributed by atoms with Crippen molar-refractivity contribution in [2.75, 3.05) is 0 Å². The number of aromatic nitrogens is 4. The summed E-state index contributed by atoms with van der Waals surface area (Å²) in [7, 11) is 0. The predicted molar refractivity (Wildman–Crippen MR) is 62.4 cm³/mol. The van der Waals surface area contributed by atoms with Crippen LogP contribution in [0.25, 0.3) is 11.0 Å². The highest BCUT2D eigenvalue weighted by Gasteiger charge is 2.41. The molecule has 9 nitrogen and oxygen atoms in total. The lowest BCUT2D eigenvalue weighted by Crippen LogP contribution is -2.29. The van der Waals surface area contributed by atoms with Gasteiger partial charge in [0.25, 0.3) is 0 Å². The van der Waals surface area contributed by atoms with Crippen LogP contribution in [0.4, 0.5) is 0 Å². The van der Waals surface area contributed by atoms with Gasteiger partial charge in [0.15, 0.2) is 5.52 Å². The zero-order chi connectivity index (χ0) is 13.7. The van der Waals surface area contributed by atoms with Crippen molar-refractivity contribution in [2.24, 2.45) is 0 Å². The van der Waals surface area contributed by atoms with Crippen LogP contribution in [-0.4, -0.2) is 58.8 Å². The molecule has 0 aliphatic carbocycles. The SMILES string of the molecule is C[C@H]1N[C@@H](c2[nH]nc3c(O)nc(O)nc23)[C@H](O)[C@@H]1O. The average molecular weight is 267 g/mol. The summed E-state index contributed by atoms with van der Waals surface area (Å²) in [6.45, 7) is 1.73. The minimum absolute atomic E-state index is 0.0934. The number of aliphatic hydroxyl groups excluding tert-OH is 2. The van der Waals surface area contributed by atoms with Crippen molar-refractivity contribution >= 4 is 11.0 Å². The Labute approximate surface area is 106 Å². The van der Waals surface area contributed by atoms with Crippen LogP contribution >= 0.6 is 0 Å². The van der Waals surface area contributed by atoms with E-state index in [2.05, 4.69) is 25.5 Å². The van der Waals surface area contributed by atoms with E-state index in [4.69, 9.17) is 0 Å². The Hall–Kier alpha value is -1.97. The Morgan fingerprint density at radius 2 is 1.79 bits per heavy atom. The summed E-state index contributed by atoms with van der Waals surface area (Å²) in [6, 6.07) is -1.51. The molecule has 0 aromatic carbocycles. The average Bonchev–Trinajstić information content (AvgIpc) is 2.86. The maximum Gasteiger partial charge on any atom is 0.317 e. The third kappa shape index (κ3) is 1.70. The summed E-state index contributed by atoms with van der Waals surface area (Å²) in [5.41, 5.74) is 0.664. The summed E-state index contributed by atoms with van der Waals surface area (Å²) >= 11 is 0. The topological polar surface area (TPSA) is 147 Å². The summed E-state index contributed by atoms with van der Waals surface area (Å²) in [5.74, 6) is -0.453. The van der Waals surface area contributed by atoms with E-state index in [1.807, 2.05) is 0 Å². The third-order valence-electron chi connectivity index (χ3n) is 3.35. The summed E-state index contributed by atoms with van der Waals surface area (Å²) in [4.78, 5) is 7.16. The Balaban J connectivity index is 2.11. The minimum atomic E-state index is -1.04. The molecule has 0 spiro atoms. The monoisotopic (exact) mass is 267 g/mol. The van der Waals surface area contributed by atoms with E-state index in [1.54, 1.807) is 6.92 Å². The van der Waals surface area contributed by atoms with Crippen LogP contribution < -0.4 is 5.32 Å². The zero-order valence-electron chi connectivity index (χ0n) is 9.94. The van der Waals surface area contributed by atoms with Gasteiger partial charge in [0.1, 0.15) is 11.6 Å². The number of hydrogen-bond acceptors (Lipinski definition) is 8. The maximum absolute atomic E-state index is 9.97. The largest absolute Gasteiger partial charge is 0.492 e. The van der Waals surface area contributed by atoms with Gasteiger partial charge in [-0.25, -0.2) is 0 Å². The van der Waals surface area contributed by atoms with Gasteiger partial charge in [-0.3, -0.25) is 5.10 Å². The van der Waals surface area contributed by atoms with E-state index in [-0.39, 0.29) is 17.1 Å². The molecule has 9 heteroatoms. The number of nitrogens with one attached hydrogen (secondary N) is 2. The van der Waals surface area contributed by atoms with Gasteiger partial charge in [-0.2, -0.15) is 15.1 Å². The van der Waals surface area contributed by atoms with Crippen LogP contribution in [0.5, 0.6) is 11.9 Å². The van der Waals surface area contributed by atoms with E-state index in [1.165, 1.54) is 0 Å².